The van der Waals surface area contributed by atoms with Crippen LogP contribution in [0, 0.1) is 13.8 Å². The van der Waals surface area contributed by atoms with Crippen LogP contribution in [0.5, 0.6) is 0 Å². The lowest BCUT2D eigenvalue weighted by atomic mass is 10.1. The second-order valence-corrected chi connectivity index (χ2v) is 10.5. The maximum absolute atomic E-state index is 13.3. The number of hydrogen-bond acceptors (Lipinski definition) is 4. The van der Waals surface area contributed by atoms with Gasteiger partial charge in [0.1, 0.15) is 5.70 Å². The van der Waals surface area contributed by atoms with Crippen LogP contribution in [0.15, 0.2) is 108 Å². The maximum Gasteiger partial charge on any atom is 0.272 e. The van der Waals surface area contributed by atoms with E-state index in [0.29, 0.717) is 22.0 Å². The van der Waals surface area contributed by atoms with E-state index in [1.165, 1.54) is 11.8 Å². The van der Waals surface area contributed by atoms with E-state index in [0.717, 1.165) is 21.6 Å². The molecule has 0 radical (unpaired) electrons. The van der Waals surface area contributed by atoms with Gasteiger partial charge in [-0.15, -0.1) is 11.8 Å². The number of hydrogen-bond donors (Lipinski definition) is 3. The van der Waals surface area contributed by atoms with Crippen LogP contribution < -0.4 is 16.0 Å². The molecule has 3 amide bonds. The largest absolute Gasteiger partial charge is 0.325 e. The van der Waals surface area contributed by atoms with Gasteiger partial charge in [0, 0.05) is 26.9 Å². The second kappa shape index (κ2) is 13.6. The van der Waals surface area contributed by atoms with Gasteiger partial charge in [-0.05, 0) is 73.5 Å². The fourth-order valence-electron chi connectivity index (χ4n) is 3.71. The lowest BCUT2D eigenvalue weighted by Crippen LogP contribution is -2.30. The first-order valence-electron chi connectivity index (χ1n) is 12.5. The predicted octanol–water partition coefficient (Wildman–Crippen LogP) is 7.10. The van der Waals surface area contributed by atoms with Crippen molar-refractivity contribution in [2.45, 2.75) is 18.7 Å². The highest BCUT2D eigenvalue weighted by atomic mass is 35.5. The van der Waals surface area contributed by atoms with Crippen LogP contribution in [0.4, 0.5) is 11.4 Å². The van der Waals surface area contributed by atoms with Crippen molar-refractivity contribution < 1.29 is 14.4 Å². The van der Waals surface area contributed by atoms with Gasteiger partial charge in [-0.3, -0.25) is 14.4 Å². The Kier molecular flexibility index (Phi) is 9.78. The molecule has 8 heteroatoms. The van der Waals surface area contributed by atoms with Gasteiger partial charge in [-0.1, -0.05) is 71.8 Å². The normalized spacial score (nSPS) is 11.0. The van der Waals surface area contributed by atoms with Crippen molar-refractivity contribution in [2.24, 2.45) is 0 Å². The van der Waals surface area contributed by atoms with E-state index in [-0.39, 0.29) is 23.3 Å². The Hall–Kier alpha value is -4.33. The molecular formula is C32H28ClN3O3S. The Labute approximate surface area is 242 Å². The summed E-state index contributed by atoms with van der Waals surface area (Å²) in [5.74, 6) is -0.855. The molecule has 0 heterocycles. The van der Waals surface area contributed by atoms with Crippen LogP contribution >= 0.6 is 23.4 Å². The first kappa shape index (κ1) is 28.7. The zero-order valence-corrected chi connectivity index (χ0v) is 23.6. The van der Waals surface area contributed by atoms with Crippen LogP contribution in [0.1, 0.15) is 27.0 Å². The molecule has 6 nitrogen and oxygen atoms in total. The molecular weight excluding hydrogens is 542 g/mol. The minimum atomic E-state index is -0.471. The Morgan fingerprint density at radius 1 is 0.825 bits per heavy atom. The summed E-state index contributed by atoms with van der Waals surface area (Å²) >= 11 is 7.48. The Morgan fingerprint density at radius 3 is 2.30 bits per heavy atom. The topological polar surface area (TPSA) is 87.3 Å². The maximum atomic E-state index is 13.3. The summed E-state index contributed by atoms with van der Waals surface area (Å²) in [6.45, 7) is 3.83. The first-order valence-corrected chi connectivity index (χ1v) is 13.9. The number of nitrogens with one attached hydrogen (secondary N) is 3. The van der Waals surface area contributed by atoms with Gasteiger partial charge in [-0.25, -0.2) is 0 Å². The van der Waals surface area contributed by atoms with E-state index in [9.17, 15) is 14.4 Å². The number of thioether (sulfide) groups is 1. The van der Waals surface area contributed by atoms with Crippen molar-refractivity contribution in [2.75, 3.05) is 16.4 Å². The summed E-state index contributed by atoms with van der Waals surface area (Å²) in [5, 5.41) is 9.07. The minimum absolute atomic E-state index is 0.104. The summed E-state index contributed by atoms with van der Waals surface area (Å²) < 4.78 is 0. The predicted molar refractivity (Wildman–Crippen MR) is 164 cm³/mol. The summed E-state index contributed by atoms with van der Waals surface area (Å²) in [4.78, 5) is 39.5. The average Bonchev–Trinajstić information content (AvgIpc) is 2.96. The highest BCUT2D eigenvalue weighted by molar-refractivity contribution is 8.00. The van der Waals surface area contributed by atoms with E-state index in [2.05, 4.69) is 16.0 Å². The Morgan fingerprint density at radius 2 is 1.55 bits per heavy atom. The molecule has 0 unspecified atom stereocenters. The SMILES string of the molecule is Cc1ccc(/C=C(/NC(=O)c2ccccc2)C(=O)Nc2cccc(SCC(=O)Nc3cccc(Cl)c3C)c2)cc1. The van der Waals surface area contributed by atoms with Crippen LogP contribution in [-0.4, -0.2) is 23.5 Å². The molecule has 40 heavy (non-hydrogen) atoms. The first-order chi connectivity index (χ1) is 19.3. The molecule has 3 N–H and O–H groups in total. The van der Waals surface area contributed by atoms with Gasteiger partial charge in [0.2, 0.25) is 5.91 Å². The van der Waals surface area contributed by atoms with Gasteiger partial charge in [0.15, 0.2) is 0 Å². The Bertz CT molecular complexity index is 1550. The molecule has 0 bridgehead atoms. The third-order valence-electron chi connectivity index (χ3n) is 5.92. The van der Waals surface area contributed by atoms with Gasteiger partial charge in [0.05, 0.1) is 5.75 Å². The third kappa shape index (κ3) is 8.09. The molecule has 0 fully saturated rings. The standard InChI is InChI=1S/C32H28ClN3O3S/c1-21-14-16-23(17-15-21)18-29(36-31(38)24-8-4-3-5-9-24)32(39)34-25-10-6-11-26(19-25)40-20-30(37)35-28-13-7-12-27(33)22(28)2/h3-19H,20H2,1-2H3,(H,34,39)(H,35,37)(H,36,38)/b29-18+. The van der Waals surface area contributed by atoms with E-state index >= 15 is 0 Å². The van der Waals surface area contributed by atoms with E-state index in [1.54, 1.807) is 66.7 Å². The zero-order chi connectivity index (χ0) is 28.5. The van der Waals surface area contributed by atoms with Gasteiger partial charge in [-0.2, -0.15) is 0 Å². The molecule has 0 saturated heterocycles. The van der Waals surface area contributed by atoms with Crippen molar-refractivity contribution >= 4 is 58.5 Å². The van der Waals surface area contributed by atoms with Crippen molar-refractivity contribution in [3.8, 4) is 0 Å². The molecule has 0 aliphatic rings. The van der Waals surface area contributed by atoms with Crippen molar-refractivity contribution in [1.82, 2.24) is 5.32 Å². The van der Waals surface area contributed by atoms with Gasteiger partial charge in [0.25, 0.3) is 11.8 Å². The average molecular weight is 570 g/mol. The fourth-order valence-corrected chi connectivity index (χ4v) is 4.64. The molecule has 0 aliphatic heterocycles. The van der Waals surface area contributed by atoms with Crippen LogP contribution in [0.25, 0.3) is 6.08 Å². The summed E-state index contributed by atoms with van der Waals surface area (Å²) in [7, 11) is 0. The number of carbonyl (C=O) groups is 3. The highest BCUT2D eigenvalue weighted by Crippen LogP contribution is 2.25. The lowest BCUT2D eigenvalue weighted by Gasteiger charge is -2.12. The van der Waals surface area contributed by atoms with E-state index in [1.807, 2.05) is 50.2 Å². The molecule has 0 spiro atoms. The van der Waals surface area contributed by atoms with Crippen LogP contribution in [0.2, 0.25) is 5.02 Å². The monoisotopic (exact) mass is 569 g/mol. The number of amides is 3. The molecule has 0 atom stereocenters. The molecule has 0 saturated carbocycles. The lowest BCUT2D eigenvalue weighted by molar-refractivity contribution is -0.114. The summed E-state index contributed by atoms with van der Waals surface area (Å²) in [5.41, 5.74) is 4.41. The smallest absolute Gasteiger partial charge is 0.272 e. The third-order valence-corrected chi connectivity index (χ3v) is 7.32. The molecule has 4 rings (SSSR count). The number of benzene rings is 4. The summed E-state index contributed by atoms with van der Waals surface area (Å²) in [6.07, 6.45) is 1.64. The quantitative estimate of drug-likeness (QED) is 0.148. The van der Waals surface area contributed by atoms with Gasteiger partial charge >= 0.3 is 0 Å². The number of aryl methyl sites for hydroxylation is 1. The number of carbonyl (C=O) groups excluding carboxylic acids is 3. The van der Waals surface area contributed by atoms with Crippen LogP contribution in [0.3, 0.4) is 0 Å². The number of halogens is 1. The van der Waals surface area contributed by atoms with Crippen LogP contribution in [-0.2, 0) is 9.59 Å². The fraction of sp³-hybridized carbons (Fsp3) is 0.0938. The number of rotatable bonds is 9. The van der Waals surface area contributed by atoms with E-state index < -0.39 is 5.91 Å². The molecule has 0 aromatic heterocycles. The zero-order valence-electron chi connectivity index (χ0n) is 22.0. The van der Waals surface area contributed by atoms with Gasteiger partial charge < -0.3 is 16.0 Å². The number of anilines is 2. The molecule has 0 aliphatic carbocycles. The molecule has 4 aromatic rings. The van der Waals surface area contributed by atoms with Crippen molar-refractivity contribution in [1.29, 1.82) is 0 Å². The molecule has 202 valence electrons. The summed E-state index contributed by atoms with van der Waals surface area (Å²) in [6, 6.07) is 28.9. The van der Waals surface area contributed by atoms with Crippen molar-refractivity contribution in [3.63, 3.8) is 0 Å². The van der Waals surface area contributed by atoms with E-state index in [4.69, 9.17) is 11.6 Å². The second-order valence-electron chi connectivity index (χ2n) is 9.02. The van der Waals surface area contributed by atoms with Crippen molar-refractivity contribution in [3.05, 3.63) is 130 Å². The minimum Gasteiger partial charge on any atom is -0.325 e. The highest BCUT2D eigenvalue weighted by Gasteiger charge is 2.16. The molecule has 4 aromatic carbocycles. The Balaban J connectivity index is 1.45.